The molecule has 0 unspecified atom stereocenters. The Morgan fingerprint density at radius 2 is 2.04 bits per heavy atom. The van der Waals surface area contributed by atoms with E-state index in [1.54, 1.807) is 25.3 Å². The van der Waals surface area contributed by atoms with Crippen molar-refractivity contribution in [2.24, 2.45) is 11.8 Å². The molecule has 3 rings (SSSR count). The maximum absolute atomic E-state index is 11.7. The van der Waals surface area contributed by atoms with Crippen LogP contribution in [0.4, 0.5) is 0 Å². The van der Waals surface area contributed by atoms with Gasteiger partial charge in [0.15, 0.2) is 11.5 Å². The number of ether oxygens (including phenoxy) is 2. The molecule has 1 heterocycles. The quantitative estimate of drug-likeness (QED) is 0.337. The van der Waals surface area contributed by atoms with Crippen LogP contribution in [-0.4, -0.2) is 29.6 Å². The zero-order chi connectivity index (χ0) is 19.4. The minimum absolute atomic E-state index is 0.349. The summed E-state index contributed by atoms with van der Waals surface area (Å²) in [7, 11) is 1.62. The topological polar surface area (TPSA) is 102 Å². The largest absolute Gasteiger partial charge is 0.493 e. The fourth-order valence-corrected chi connectivity index (χ4v) is 2.71. The van der Waals surface area contributed by atoms with Crippen LogP contribution in [0.15, 0.2) is 36.4 Å². The number of imidazole rings is 1. The summed E-state index contributed by atoms with van der Waals surface area (Å²) < 4.78 is 11.3. The number of hydrogen-bond acceptors (Lipinski definition) is 5. The third kappa shape index (κ3) is 4.20. The molecule has 0 aliphatic carbocycles. The van der Waals surface area contributed by atoms with E-state index in [0.717, 1.165) is 23.0 Å². The molecular weight excluding hydrogens is 344 g/mol. The van der Waals surface area contributed by atoms with Crippen LogP contribution in [-0.2, 0) is 0 Å². The second kappa shape index (κ2) is 8.09. The molecule has 1 amide bonds. The second-order valence-corrected chi connectivity index (χ2v) is 6.69. The van der Waals surface area contributed by atoms with E-state index in [4.69, 9.17) is 15.3 Å². The number of carbonyl (C=O) groups excluding carboxylic acids is 1. The smallest absolute Gasteiger partial charge is 0.265 e. The molecule has 0 spiro atoms. The lowest BCUT2D eigenvalue weighted by Crippen LogP contribution is -2.29. The van der Waals surface area contributed by atoms with Crippen LogP contribution in [0.1, 0.15) is 30.6 Å². The second-order valence-electron chi connectivity index (χ2n) is 6.69. The monoisotopic (exact) mass is 368 g/mol. The molecule has 4 N–H and O–H groups in total. The highest BCUT2D eigenvalue weighted by Crippen LogP contribution is 2.32. The number of hydrazine groups is 1. The van der Waals surface area contributed by atoms with Crippen molar-refractivity contribution >= 4 is 16.9 Å². The number of aromatic nitrogens is 2. The number of nitrogens with zero attached hydrogens (tertiary/aromatic N) is 1. The van der Waals surface area contributed by atoms with Gasteiger partial charge in [-0.15, -0.1) is 0 Å². The molecule has 2 aromatic carbocycles. The fourth-order valence-electron chi connectivity index (χ4n) is 2.71. The van der Waals surface area contributed by atoms with Gasteiger partial charge in [0.25, 0.3) is 5.91 Å². The molecule has 0 aliphatic rings. The van der Waals surface area contributed by atoms with Crippen molar-refractivity contribution in [1.29, 1.82) is 0 Å². The average Bonchev–Trinajstić information content (AvgIpc) is 3.10. The number of carbonyl (C=O) groups is 1. The van der Waals surface area contributed by atoms with Gasteiger partial charge in [-0.3, -0.25) is 10.2 Å². The van der Waals surface area contributed by atoms with Gasteiger partial charge in [0.2, 0.25) is 0 Å². The van der Waals surface area contributed by atoms with E-state index in [2.05, 4.69) is 29.2 Å². The van der Waals surface area contributed by atoms with E-state index >= 15 is 0 Å². The average molecular weight is 368 g/mol. The minimum Gasteiger partial charge on any atom is -0.493 e. The Bertz CT molecular complexity index is 950. The van der Waals surface area contributed by atoms with Crippen LogP contribution in [0.25, 0.3) is 22.4 Å². The highest BCUT2D eigenvalue weighted by molar-refractivity contribution is 5.97. The van der Waals surface area contributed by atoms with Gasteiger partial charge in [0.05, 0.1) is 24.8 Å². The summed E-state index contributed by atoms with van der Waals surface area (Å²) in [6.07, 6.45) is 0.979. The Labute approximate surface area is 157 Å². The third-order valence-electron chi connectivity index (χ3n) is 4.26. The van der Waals surface area contributed by atoms with Crippen molar-refractivity contribution in [3.05, 3.63) is 42.0 Å². The Balaban J connectivity index is 1.88. The number of rotatable bonds is 7. The van der Waals surface area contributed by atoms with E-state index in [1.807, 2.05) is 18.2 Å². The maximum Gasteiger partial charge on any atom is 0.265 e. The predicted molar refractivity (Wildman–Crippen MR) is 105 cm³/mol. The Kier molecular flexibility index (Phi) is 5.61. The number of amides is 1. The van der Waals surface area contributed by atoms with Crippen LogP contribution in [0.3, 0.4) is 0 Å². The van der Waals surface area contributed by atoms with Crippen molar-refractivity contribution in [1.82, 2.24) is 15.4 Å². The number of H-pyrrole nitrogens is 1. The Morgan fingerprint density at radius 1 is 1.22 bits per heavy atom. The summed E-state index contributed by atoms with van der Waals surface area (Å²) in [6.45, 7) is 4.96. The van der Waals surface area contributed by atoms with Crippen molar-refractivity contribution in [3.63, 3.8) is 0 Å². The highest BCUT2D eigenvalue weighted by Gasteiger charge is 2.12. The first-order chi connectivity index (χ1) is 13.0. The number of nitrogens with one attached hydrogen (secondary N) is 2. The fraction of sp³-hybridized carbons (Fsp3) is 0.300. The summed E-state index contributed by atoms with van der Waals surface area (Å²) in [4.78, 5) is 19.5. The van der Waals surface area contributed by atoms with Gasteiger partial charge < -0.3 is 14.5 Å². The summed E-state index contributed by atoms with van der Waals surface area (Å²) in [5, 5.41) is 0. The van der Waals surface area contributed by atoms with Crippen LogP contribution < -0.4 is 20.7 Å². The SMILES string of the molecule is COc1cc(-c2nc3ccc(C(=O)NN)cc3[nH]2)ccc1OCCC(C)C. The van der Waals surface area contributed by atoms with Crippen molar-refractivity contribution in [2.45, 2.75) is 20.3 Å². The summed E-state index contributed by atoms with van der Waals surface area (Å²) in [5.74, 6) is 7.47. The molecule has 0 atom stereocenters. The zero-order valence-electron chi connectivity index (χ0n) is 15.7. The number of aromatic amines is 1. The molecule has 1 aromatic heterocycles. The molecule has 27 heavy (non-hydrogen) atoms. The molecule has 7 nitrogen and oxygen atoms in total. The van der Waals surface area contributed by atoms with E-state index in [-0.39, 0.29) is 5.91 Å². The molecule has 0 fully saturated rings. The number of hydrogen-bond donors (Lipinski definition) is 3. The zero-order valence-corrected chi connectivity index (χ0v) is 15.7. The van der Waals surface area contributed by atoms with Gasteiger partial charge >= 0.3 is 0 Å². The van der Waals surface area contributed by atoms with Gasteiger partial charge in [-0.1, -0.05) is 13.8 Å². The first-order valence-electron chi connectivity index (χ1n) is 8.83. The van der Waals surface area contributed by atoms with Crippen molar-refractivity contribution in [2.75, 3.05) is 13.7 Å². The van der Waals surface area contributed by atoms with E-state index in [0.29, 0.717) is 35.4 Å². The van der Waals surface area contributed by atoms with Gasteiger partial charge in [0, 0.05) is 11.1 Å². The van der Waals surface area contributed by atoms with Crippen LogP contribution >= 0.6 is 0 Å². The molecular formula is C20H24N4O3. The molecule has 0 bridgehead atoms. The first kappa shape index (κ1) is 18.7. The van der Waals surface area contributed by atoms with Crippen molar-refractivity contribution < 1.29 is 14.3 Å². The molecule has 0 radical (unpaired) electrons. The molecule has 7 heteroatoms. The number of nitrogen functional groups attached to an aromatic ring is 1. The van der Waals surface area contributed by atoms with Crippen LogP contribution in [0.2, 0.25) is 0 Å². The lowest BCUT2D eigenvalue weighted by molar-refractivity contribution is 0.0954. The lowest BCUT2D eigenvalue weighted by Gasteiger charge is -2.12. The predicted octanol–water partition coefficient (Wildman–Crippen LogP) is 3.27. The van der Waals surface area contributed by atoms with Crippen LogP contribution in [0, 0.1) is 5.92 Å². The third-order valence-corrected chi connectivity index (χ3v) is 4.26. The van der Waals surface area contributed by atoms with E-state index in [1.165, 1.54) is 0 Å². The number of benzene rings is 2. The standard InChI is InChI=1S/C20H24N4O3/c1-12(2)8-9-27-17-7-5-13(11-18(17)26-3)19-22-15-6-4-14(20(25)24-21)10-16(15)23-19/h4-7,10-12H,8-9,21H2,1-3H3,(H,22,23)(H,24,25). The van der Waals surface area contributed by atoms with Crippen molar-refractivity contribution in [3.8, 4) is 22.9 Å². The molecule has 0 saturated heterocycles. The van der Waals surface area contributed by atoms with E-state index < -0.39 is 0 Å². The summed E-state index contributed by atoms with van der Waals surface area (Å²) in [6, 6.07) is 10.9. The molecule has 0 aliphatic heterocycles. The molecule has 3 aromatic rings. The summed E-state index contributed by atoms with van der Waals surface area (Å²) in [5.41, 5.74) is 4.97. The maximum atomic E-state index is 11.7. The highest BCUT2D eigenvalue weighted by atomic mass is 16.5. The van der Waals surface area contributed by atoms with Gasteiger partial charge in [0.1, 0.15) is 5.82 Å². The van der Waals surface area contributed by atoms with Gasteiger partial charge in [-0.2, -0.15) is 0 Å². The lowest BCUT2D eigenvalue weighted by atomic mass is 10.1. The number of methoxy groups -OCH3 is 1. The normalized spacial score (nSPS) is 11.0. The Hall–Kier alpha value is -3.06. The first-order valence-corrected chi connectivity index (χ1v) is 8.83. The summed E-state index contributed by atoms with van der Waals surface area (Å²) >= 11 is 0. The van der Waals surface area contributed by atoms with E-state index in [9.17, 15) is 4.79 Å². The Morgan fingerprint density at radius 3 is 2.74 bits per heavy atom. The van der Waals surface area contributed by atoms with Gasteiger partial charge in [-0.05, 0) is 48.7 Å². The van der Waals surface area contributed by atoms with Gasteiger partial charge in [-0.25, -0.2) is 10.8 Å². The number of fused-ring (bicyclic) bond motifs is 1. The molecule has 142 valence electrons. The molecule has 0 saturated carbocycles. The number of nitrogens with two attached hydrogens (primary N) is 1. The van der Waals surface area contributed by atoms with Crippen LogP contribution in [0.5, 0.6) is 11.5 Å². The minimum atomic E-state index is -0.349.